The molecule has 0 aliphatic heterocycles. The van der Waals surface area contributed by atoms with Crippen LogP contribution in [0.1, 0.15) is 18.9 Å². The topological polar surface area (TPSA) is 42.2 Å². The molecule has 0 aliphatic rings. The summed E-state index contributed by atoms with van der Waals surface area (Å²) in [5, 5.41) is 8.44. The van der Waals surface area contributed by atoms with Crippen LogP contribution in [0.2, 0.25) is 0 Å². The van der Waals surface area contributed by atoms with E-state index in [-0.39, 0.29) is 13.0 Å². The number of hydrogen-bond donors (Lipinski definition) is 1. The van der Waals surface area contributed by atoms with Crippen LogP contribution in [0.5, 0.6) is 0 Å². The van der Waals surface area contributed by atoms with Crippen LogP contribution in [-0.4, -0.2) is 21.6 Å². The van der Waals surface area contributed by atoms with Gasteiger partial charge in [0.1, 0.15) is 0 Å². The van der Waals surface area contributed by atoms with Gasteiger partial charge in [-0.3, -0.25) is 4.79 Å². The average molecular weight is 217 g/mol. The number of carboxylic acids is 1. The van der Waals surface area contributed by atoms with Gasteiger partial charge >= 0.3 is 5.97 Å². The van der Waals surface area contributed by atoms with Crippen LogP contribution in [0.15, 0.2) is 18.5 Å². The van der Waals surface area contributed by atoms with Crippen molar-refractivity contribution in [2.45, 2.75) is 32.2 Å². The van der Waals surface area contributed by atoms with Crippen molar-refractivity contribution in [3.63, 3.8) is 0 Å². The first-order valence-electron chi connectivity index (χ1n) is 4.61. The molecule has 0 aromatic carbocycles. The summed E-state index contributed by atoms with van der Waals surface area (Å²) in [7, 11) is 0. The summed E-state index contributed by atoms with van der Waals surface area (Å²) in [5.74, 6) is -3.63. The van der Waals surface area contributed by atoms with E-state index in [2.05, 4.69) is 0 Å². The summed E-state index contributed by atoms with van der Waals surface area (Å²) in [6.07, 6.45) is 3.49. The Balaban J connectivity index is 2.53. The van der Waals surface area contributed by atoms with E-state index >= 15 is 0 Å². The van der Waals surface area contributed by atoms with Crippen LogP contribution in [0, 0.1) is 0 Å². The fourth-order valence-corrected chi connectivity index (χ4v) is 1.31. The molecule has 1 aromatic heterocycles. The number of nitrogens with zero attached hydrogens (tertiary/aromatic N) is 1. The lowest BCUT2D eigenvalue weighted by molar-refractivity contribution is -0.136. The number of halogens is 2. The zero-order chi connectivity index (χ0) is 11.5. The molecule has 0 radical (unpaired) electrons. The molecule has 1 N–H and O–H groups in total. The number of carbonyl (C=O) groups is 1. The summed E-state index contributed by atoms with van der Waals surface area (Å²) >= 11 is 0. The number of hydrogen-bond acceptors (Lipinski definition) is 1. The van der Waals surface area contributed by atoms with Crippen LogP contribution in [0.25, 0.3) is 0 Å². The van der Waals surface area contributed by atoms with Crippen molar-refractivity contribution in [1.82, 2.24) is 4.57 Å². The largest absolute Gasteiger partial charge is 0.481 e. The third kappa shape index (κ3) is 4.58. The van der Waals surface area contributed by atoms with Crippen LogP contribution in [-0.2, 0) is 17.8 Å². The highest BCUT2D eigenvalue weighted by atomic mass is 19.3. The Morgan fingerprint density at radius 3 is 2.80 bits per heavy atom. The van der Waals surface area contributed by atoms with Gasteiger partial charge in [0, 0.05) is 25.7 Å². The lowest BCUT2D eigenvalue weighted by Crippen LogP contribution is -2.17. The molecule has 84 valence electrons. The second-order valence-electron chi connectivity index (χ2n) is 3.66. The van der Waals surface area contributed by atoms with E-state index < -0.39 is 11.9 Å². The summed E-state index contributed by atoms with van der Waals surface area (Å²) in [6, 6.07) is 1.66. The molecule has 15 heavy (non-hydrogen) atoms. The molecule has 0 unspecified atom stereocenters. The smallest absolute Gasteiger partial charge is 0.303 e. The third-order valence-electron chi connectivity index (χ3n) is 1.90. The van der Waals surface area contributed by atoms with E-state index in [1.54, 1.807) is 12.3 Å². The van der Waals surface area contributed by atoms with E-state index in [1.165, 1.54) is 10.8 Å². The molecule has 5 heteroatoms. The normalized spacial score (nSPS) is 11.7. The molecular weight excluding hydrogens is 204 g/mol. The monoisotopic (exact) mass is 217 g/mol. The first-order valence-corrected chi connectivity index (χ1v) is 4.61. The highest BCUT2D eigenvalue weighted by Gasteiger charge is 2.21. The standard InChI is InChI=1S/C10H13F2NO2/c1-10(11,12)7-13-5-4-8(6-13)2-3-9(14)15/h4-6H,2-3,7H2,1H3,(H,14,15). The first kappa shape index (κ1) is 11.7. The second-order valence-corrected chi connectivity index (χ2v) is 3.66. The lowest BCUT2D eigenvalue weighted by Gasteiger charge is -2.10. The zero-order valence-corrected chi connectivity index (χ0v) is 8.41. The maximum Gasteiger partial charge on any atom is 0.303 e. The number of rotatable bonds is 5. The molecular formula is C10H13F2NO2. The molecule has 0 spiro atoms. The van der Waals surface area contributed by atoms with Crippen molar-refractivity contribution in [3.05, 3.63) is 24.0 Å². The maximum atomic E-state index is 12.6. The molecule has 0 atom stereocenters. The Hall–Kier alpha value is -1.39. The van der Waals surface area contributed by atoms with Crippen molar-refractivity contribution < 1.29 is 18.7 Å². The number of carboxylic acid groups (broad SMARTS) is 1. The van der Waals surface area contributed by atoms with Crippen molar-refractivity contribution in [1.29, 1.82) is 0 Å². The van der Waals surface area contributed by atoms with E-state index in [9.17, 15) is 13.6 Å². The number of aryl methyl sites for hydroxylation is 1. The Bertz CT molecular complexity index is 341. The van der Waals surface area contributed by atoms with Gasteiger partial charge < -0.3 is 9.67 Å². The van der Waals surface area contributed by atoms with E-state index in [0.717, 1.165) is 12.5 Å². The van der Waals surface area contributed by atoms with Gasteiger partial charge in [-0.1, -0.05) is 0 Å². The maximum absolute atomic E-state index is 12.6. The summed E-state index contributed by atoms with van der Waals surface area (Å²) < 4.78 is 26.6. The fraction of sp³-hybridized carbons (Fsp3) is 0.500. The lowest BCUT2D eigenvalue weighted by atomic mass is 10.2. The zero-order valence-electron chi connectivity index (χ0n) is 8.41. The molecule has 0 bridgehead atoms. The van der Waals surface area contributed by atoms with Crippen molar-refractivity contribution >= 4 is 5.97 Å². The minimum Gasteiger partial charge on any atom is -0.481 e. The highest BCUT2D eigenvalue weighted by molar-refractivity contribution is 5.67. The van der Waals surface area contributed by atoms with Gasteiger partial charge in [-0.05, 0) is 18.1 Å². The van der Waals surface area contributed by atoms with Gasteiger partial charge in [0.15, 0.2) is 0 Å². The Labute approximate surface area is 86.3 Å². The van der Waals surface area contributed by atoms with E-state index in [0.29, 0.717) is 6.42 Å². The first-order chi connectivity index (χ1) is 6.87. The molecule has 0 aliphatic carbocycles. The molecule has 1 rings (SSSR count). The number of aliphatic carboxylic acids is 1. The Morgan fingerprint density at radius 1 is 1.60 bits per heavy atom. The number of aromatic nitrogens is 1. The van der Waals surface area contributed by atoms with Gasteiger partial charge in [-0.2, -0.15) is 0 Å². The van der Waals surface area contributed by atoms with Crippen molar-refractivity contribution in [3.8, 4) is 0 Å². The quantitative estimate of drug-likeness (QED) is 0.821. The molecule has 3 nitrogen and oxygen atoms in total. The third-order valence-corrected chi connectivity index (χ3v) is 1.90. The second kappa shape index (κ2) is 4.42. The predicted octanol–water partition coefficient (Wildman–Crippen LogP) is 2.16. The van der Waals surface area contributed by atoms with Crippen LogP contribution < -0.4 is 0 Å². The minimum atomic E-state index is -2.75. The minimum absolute atomic E-state index is 0.0204. The molecule has 0 amide bonds. The molecule has 1 heterocycles. The Kier molecular flexibility index (Phi) is 3.44. The highest BCUT2D eigenvalue weighted by Crippen LogP contribution is 2.15. The molecule has 0 saturated heterocycles. The van der Waals surface area contributed by atoms with Crippen LogP contribution in [0.4, 0.5) is 8.78 Å². The summed E-state index contributed by atoms with van der Waals surface area (Å²) in [4.78, 5) is 10.3. The van der Waals surface area contributed by atoms with Gasteiger partial charge in [0.05, 0.1) is 6.54 Å². The van der Waals surface area contributed by atoms with Crippen LogP contribution in [0.3, 0.4) is 0 Å². The SMILES string of the molecule is CC(F)(F)Cn1ccc(CCC(=O)O)c1. The van der Waals surface area contributed by atoms with Gasteiger partial charge in [-0.15, -0.1) is 0 Å². The summed E-state index contributed by atoms with van der Waals surface area (Å²) in [6.45, 7) is 0.476. The van der Waals surface area contributed by atoms with E-state index in [1.807, 2.05) is 0 Å². The van der Waals surface area contributed by atoms with Gasteiger partial charge in [0.2, 0.25) is 0 Å². The van der Waals surface area contributed by atoms with Crippen LogP contribution >= 0.6 is 0 Å². The average Bonchev–Trinajstić information content (AvgIpc) is 2.45. The van der Waals surface area contributed by atoms with Gasteiger partial charge in [-0.25, -0.2) is 8.78 Å². The molecule has 0 saturated carbocycles. The molecule has 1 aromatic rings. The van der Waals surface area contributed by atoms with Crippen molar-refractivity contribution in [2.24, 2.45) is 0 Å². The predicted molar refractivity (Wildman–Crippen MR) is 51.0 cm³/mol. The Morgan fingerprint density at radius 2 is 2.27 bits per heavy atom. The summed E-state index contributed by atoms with van der Waals surface area (Å²) in [5.41, 5.74) is 0.765. The fourth-order valence-electron chi connectivity index (χ4n) is 1.31. The molecule has 0 fully saturated rings. The number of alkyl halides is 2. The van der Waals surface area contributed by atoms with Crippen molar-refractivity contribution in [2.75, 3.05) is 0 Å². The van der Waals surface area contributed by atoms with E-state index in [4.69, 9.17) is 5.11 Å². The van der Waals surface area contributed by atoms with Gasteiger partial charge in [0.25, 0.3) is 5.92 Å².